The van der Waals surface area contributed by atoms with Gasteiger partial charge in [0.05, 0.1) is 14.2 Å². The molecule has 3 rings (SSSR count). The quantitative estimate of drug-likeness (QED) is 0.394. The zero-order valence-electron chi connectivity index (χ0n) is 20.3. The third kappa shape index (κ3) is 7.49. The number of anilines is 1. The van der Waals surface area contributed by atoms with E-state index in [1.807, 2.05) is 30.3 Å². The van der Waals surface area contributed by atoms with Crippen LogP contribution in [0.4, 0.5) is 5.69 Å². The number of amides is 2. The van der Waals surface area contributed by atoms with Crippen LogP contribution in [0.1, 0.15) is 22.8 Å². The highest BCUT2D eigenvalue weighted by Gasteiger charge is 2.19. The number of nitrogens with one attached hydrogen (secondary N) is 2. The molecule has 0 fully saturated rings. The van der Waals surface area contributed by atoms with Crippen LogP contribution >= 0.6 is 0 Å². The van der Waals surface area contributed by atoms with Crippen LogP contribution in [0.3, 0.4) is 0 Å². The second-order valence-corrected chi connectivity index (χ2v) is 7.67. The van der Waals surface area contributed by atoms with E-state index in [1.165, 1.54) is 33.3 Å². The molecule has 0 saturated heterocycles. The van der Waals surface area contributed by atoms with Gasteiger partial charge in [-0.1, -0.05) is 30.3 Å². The molecule has 188 valence electrons. The van der Waals surface area contributed by atoms with Gasteiger partial charge in [-0.3, -0.25) is 14.4 Å². The largest absolute Gasteiger partial charge is 0.493 e. The molecule has 0 heterocycles. The summed E-state index contributed by atoms with van der Waals surface area (Å²) in [7, 11) is 2.94. The van der Waals surface area contributed by atoms with Gasteiger partial charge in [-0.15, -0.1) is 0 Å². The van der Waals surface area contributed by atoms with Gasteiger partial charge < -0.3 is 29.6 Å². The standard InChI is InChI=1S/C27H28N2O7/c1-18(36-25(30)16-28-27(32)20-9-14-23(33-2)24(15-20)34-3)26(31)29-21-10-12-22(13-11-21)35-17-19-7-5-4-6-8-19/h4-15,18H,16-17H2,1-3H3,(H,28,32)(H,29,31). The summed E-state index contributed by atoms with van der Waals surface area (Å²) in [4.78, 5) is 36.9. The number of ether oxygens (including phenoxy) is 4. The summed E-state index contributed by atoms with van der Waals surface area (Å²) in [5.41, 5.74) is 1.85. The van der Waals surface area contributed by atoms with Gasteiger partial charge in [-0.2, -0.15) is 0 Å². The molecule has 0 aliphatic carbocycles. The van der Waals surface area contributed by atoms with Crippen LogP contribution in [0.25, 0.3) is 0 Å². The third-order valence-electron chi connectivity index (χ3n) is 5.09. The smallest absolute Gasteiger partial charge is 0.326 e. The predicted octanol–water partition coefficient (Wildman–Crippen LogP) is 3.58. The summed E-state index contributed by atoms with van der Waals surface area (Å²) < 4.78 is 21.2. The Labute approximate surface area is 209 Å². The zero-order chi connectivity index (χ0) is 25.9. The van der Waals surface area contributed by atoms with E-state index in [9.17, 15) is 14.4 Å². The van der Waals surface area contributed by atoms with Crippen LogP contribution < -0.4 is 24.8 Å². The van der Waals surface area contributed by atoms with Crippen molar-refractivity contribution < 1.29 is 33.3 Å². The fourth-order valence-electron chi connectivity index (χ4n) is 3.14. The van der Waals surface area contributed by atoms with Crippen molar-refractivity contribution in [3.63, 3.8) is 0 Å². The number of hydrogen-bond acceptors (Lipinski definition) is 7. The molecule has 0 aromatic heterocycles. The SMILES string of the molecule is COc1ccc(C(=O)NCC(=O)OC(C)C(=O)Nc2ccc(OCc3ccccc3)cc2)cc1OC. The van der Waals surface area contributed by atoms with Crippen molar-refractivity contribution in [1.29, 1.82) is 0 Å². The Morgan fingerprint density at radius 3 is 2.22 bits per heavy atom. The summed E-state index contributed by atoms with van der Waals surface area (Å²) >= 11 is 0. The van der Waals surface area contributed by atoms with Crippen molar-refractivity contribution in [3.8, 4) is 17.2 Å². The van der Waals surface area contributed by atoms with Gasteiger partial charge in [0.15, 0.2) is 17.6 Å². The van der Waals surface area contributed by atoms with Crippen molar-refractivity contribution in [2.75, 3.05) is 26.1 Å². The summed E-state index contributed by atoms with van der Waals surface area (Å²) in [6.07, 6.45) is -1.07. The molecule has 1 unspecified atom stereocenters. The highest BCUT2D eigenvalue weighted by atomic mass is 16.5. The second-order valence-electron chi connectivity index (χ2n) is 7.67. The summed E-state index contributed by atoms with van der Waals surface area (Å²) in [5.74, 6) is -0.249. The molecule has 2 N–H and O–H groups in total. The number of carbonyl (C=O) groups excluding carboxylic acids is 3. The van der Waals surface area contributed by atoms with Gasteiger partial charge in [0.25, 0.3) is 11.8 Å². The molecule has 1 atom stereocenters. The van der Waals surface area contributed by atoms with Gasteiger partial charge in [0, 0.05) is 11.3 Å². The second kappa shape index (κ2) is 12.8. The normalized spacial score (nSPS) is 11.1. The fraction of sp³-hybridized carbons (Fsp3) is 0.222. The van der Waals surface area contributed by atoms with E-state index >= 15 is 0 Å². The summed E-state index contributed by atoms with van der Waals surface area (Å²) in [5, 5.41) is 5.13. The Balaban J connectivity index is 1.43. The summed E-state index contributed by atoms with van der Waals surface area (Å²) in [6, 6.07) is 21.2. The monoisotopic (exact) mass is 492 g/mol. The average molecular weight is 493 g/mol. The predicted molar refractivity (Wildman–Crippen MR) is 133 cm³/mol. The maximum Gasteiger partial charge on any atom is 0.326 e. The van der Waals surface area contributed by atoms with Gasteiger partial charge in [0.1, 0.15) is 18.9 Å². The van der Waals surface area contributed by atoms with Crippen molar-refractivity contribution in [2.24, 2.45) is 0 Å². The van der Waals surface area contributed by atoms with Crippen LogP contribution in [0, 0.1) is 0 Å². The van der Waals surface area contributed by atoms with Crippen LogP contribution in [-0.4, -0.2) is 44.7 Å². The van der Waals surface area contributed by atoms with E-state index in [0.717, 1.165) is 5.56 Å². The molecule has 3 aromatic carbocycles. The first-order valence-corrected chi connectivity index (χ1v) is 11.2. The first-order chi connectivity index (χ1) is 17.4. The van der Waals surface area contributed by atoms with E-state index in [2.05, 4.69) is 10.6 Å². The number of esters is 1. The topological polar surface area (TPSA) is 112 Å². The first-order valence-electron chi connectivity index (χ1n) is 11.2. The third-order valence-corrected chi connectivity index (χ3v) is 5.09. The molecule has 0 aliphatic rings. The number of carbonyl (C=O) groups is 3. The fourth-order valence-corrected chi connectivity index (χ4v) is 3.14. The Kier molecular flexibility index (Phi) is 9.27. The molecule has 0 spiro atoms. The maximum absolute atomic E-state index is 12.4. The molecule has 2 amide bonds. The van der Waals surface area contributed by atoms with Gasteiger partial charge >= 0.3 is 5.97 Å². The number of benzene rings is 3. The van der Waals surface area contributed by atoms with E-state index < -0.39 is 30.4 Å². The Morgan fingerprint density at radius 2 is 1.56 bits per heavy atom. The van der Waals surface area contributed by atoms with Crippen molar-refractivity contribution in [2.45, 2.75) is 19.6 Å². The van der Waals surface area contributed by atoms with Crippen molar-refractivity contribution >= 4 is 23.5 Å². The molecule has 0 aliphatic heterocycles. The van der Waals surface area contributed by atoms with E-state index in [-0.39, 0.29) is 5.56 Å². The molecule has 3 aromatic rings. The number of rotatable bonds is 11. The maximum atomic E-state index is 12.4. The van der Waals surface area contributed by atoms with Crippen molar-refractivity contribution in [3.05, 3.63) is 83.9 Å². The molecule has 0 saturated carbocycles. The number of methoxy groups -OCH3 is 2. The number of hydrogen-bond donors (Lipinski definition) is 2. The zero-order valence-corrected chi connectivity index (χ0v) is 20.3. The Hall–Kier alpha value is -4.53. The molecule has 36 heavy (non-hydrogen) atoms. The lowest BCUT2D eigenvalue weighted by Gasteiger charge is -2.14. The minimum absolute atomic E-state index is 0.280. The van der Waals surface area contributed by atoms with Crippen molar-refractivity contribution in [1.82, 2.24) is 5.32 Å². The summed E-state index contributed by atoms with van der Waals surface area (Å²) in [6.45, 7) is 1.47. The highest BCUT2D eigenvalue weighted by molar-refractivity contribution is 5.97. The van der Waals surface area contributed by atoms with Gasteiger partial charge in [0.2, 0.25) is 0 Å². The van der Waals surface area contributed by atoms with E-state index in [0.29, 0.717) is 29.5 Å². The van der Waals surface area contributed by atoms with Crippen LogP contribution in [0.2, 0.25) is 0 Å². The Morgan fingerprint density at radius 1 is 0.861 bits per heavy atom. The lowest BCUT2D eigenvalue weighted by Crippen LogP contribution is -2.35. The molecule has 9 heteroatoms. The van der Waals surface area contributed by atoms with Crippen LogP contribution in [-0.2, 0) is 20.9 Å². The molecule has 9 nitrogen and oxygen atoms in total. The Bertz CT molecular complexity index is 1180. The van der Waals surface area contributed by atoms with Gasteiger partial charge in [-0.05, 0) is 55.0 Å². The minimum Gasteiger partial charge on any atom is -0.493 e. The highest BCUT2D eigenvalue weighted by Crippen LogP contribution is 2.27. The van der Waals surface area contributed by atoms with Crippen LogP contribution in [0.5, 0.6) is 17.2 Å². The molecular weight excluding hydrogens is 464 g/mol. The average Bonchev–Trinajstić information content (AvgIpc) is 2.91. The molecular formula is C27H28N2O7. The van der Waals surface area contributed by atoms with Crippen LogP contribution in [0.15, 0.2) is 72.8 Å². The minimum atomic E-state index is -1.07. The lowest BCUT2D eigenvalue weighted by atomic mass is 10.2. The first kappa shape index (κ1) is 26.1. The van der Waals surface area contributed by atoms with E-state index in [4.69, 9.17) is 18.9 Å². The molecule has 0 bridgehead atoms. The van der Waals surface area contributed by atoms with E-state index in [1.54, 1.807) is 30.3 Å². The van der Waals surface area contributed by atoms with Gasteiger partial charge in [-0.25, -0.2) is 0 Å². The molecule has 0 radical (unpaired) electrons. The lowest BCUT2D eigenvalue weighted by molar-refractivity contribution is -0.152.